The van der Waals surface area contributed by atoms with Gasteiger partial charge in [0.2, 0.25) is 5.91 Å². The van der Waals surface area contributed by atoms with Gasteiger partial charge in [-0.15, -0.1) is 0 Å². The number of hydrogen-bond donors (Lipinski definition) is 1. The zero-order chi connectivity index (χ0) is 21.9. The molecule has 2 aliphatic heterocycles. The summed E-state index contributed by atoms with van der Waals surface area (Å²) in [6, 6.07) is 3.38. The molecule has 3 rings (SSSR count). The number of nitrogens with zero attached hydrogens (tertiary/aromatic N) is 2. The highest BCUT2D eigenvalue weighted by molar-refractivity contribution is 5.82. The number of carbonyl (C=O) groups excluding carboxylic acids is 1. The van der Waals surface area contributed by atoms with Crippen LogP contribution in [0.15, 0.2) is 18.2 Å². The van der Waals surface area contributed by atoms with Gasteiger partial charge < -0.3 is 15.5 Å². The van der Waals surface area contributed by atoms with Crippen LogP contribution in [-0.2, 0) is 23.8 Å². The van der Waals surface area contributed by atoms with E-state index in [0.29, 0.717) is 11.5 Å². The Balaban J connectivity index is 1.54. The van der Waals surface area contributed by atoms with E-state index in [9.17, 15) is 18.0 Å². The zero-order valence-corrected chi connectivity index (χ0v) is 18.0. The van der Waals surface area contributed by atoms with Crippen LogP contribution in [0.1, 0.15) is 49.3 Å². The maximum absolute atomic E-state index is 13.1. The molecule has 0 aromatic heterocycles. The number of hydrogen-bond acceptors (Lipinski definition) is 3. The van der Waals surface area contributed by atoms with Gasteiger partial charge in [0, 0.05) is 13.1 Å². The fourth-order valence-corrected chi connectivity index (χ4v) is 5.01. The third-order valence-electron chi connectivity index (χ3n) is 6.91. The van der Waals surface area contributed by atoms with Crippen molar-refractivity contribution in [1.82, 2.24) is 9.80 Å². The summed E-state index contributed by atoms with van der Waals surface area (Å²) in [7, 11) is 2.17. The van der Waals surface area contributed by atoms with Gasteiger partial charge in [0.25, 0.3) is 0 Å². The number of aryl methyl sites for hydroxylation is 1. The topological polar surface area (TPSA) is 49.6 Å². The van der Waals surface area contributed by atoms with Crippen LogP contribution in [0.25, 0.3) is 0 Å². The van der Waals surface area contributed by atoms with Gasteiger partial charge in [-0.3, -0.25) is 4.79 Å². The van der Waals surface area contributed by atoms with Crippen LogP contribution in [-0.4, -0.2) is 55.0 Å². The number of carbonyl (C=O) groups is 1. The van der Waals surface area contributed by atoms with Crippen LogP contribution >= 0.6 is 0 Å². The molecule has 2 aliphatic rings. The monoisotopic (exact) mass is 425 g/mol. The molecule has 2 N–H and O–H groups in total. The molecule has 4 nitrogen and oxygen atoms in total. The number of likely N-dealkylation sites (tertiary alicyclic amines) is 2. The lowest BCUT2D eigenvalue weighted by atomic mass is 9.79. The van der Waals surface area contributed by atoms with E-state index in [1.54, 1.807) is 13.0 Å². The van der Waals surface area contributed by atoms with Gasteiger partial charge in [-0.1, -0.05) is 19.1 Å². The molecule has 168 valence electrons. The highest BCUT2D eigenvalue weighted by atomic mass is 19.4. The molecular formula is C23H34F3N3O. The Morgan fingerprint density at radius 3 is 2.20 bits per heavy atom. The molecule has 1 amide bonds. The Morgan fingerprint density at radius 2 is 1.67 bits per heavy atom. The molecule has 1 aromatic rings. The van der Waals surface area contributed by atoms with Crippen molar-refractivity contribution in [2.24, 2.45) is 17.6 Å². The molecule has 0 unspecified atom stereocenters. The number of piperidine rings is 2. The summed E-state index contributed by atoms with van der Waals surface area (Å²) >= 11 is 0. The predicted octanol–water partition coefficient (Wildman–Crippen LogP) is 3.72. The van der Waals surface area contributed by atoms with Gasteiger partial charge in [0.15, 0.2) is 0 Å². The SMILES string of the molecule is CCc1cc(C[C@@H](N)C(=O)N2CCC(C3CCN(C)CC3)CC2)ccc1C(F)(F)F. The summed E-state index contributed by atoms with van der Waals surface area (Å²) in [5, 5.41) is 0. The predicted molar refractivity (Wildman–Crippen MR) is 112 cm³/mol. The summed E-state index contributed by atoms with van der Waals surface area (Å²) in [4.78, 5) is 17.0. The van der Waals surface area contributed by atoms with E-state index >= 15 is 0 Å². The van der Waals surface area contributed by atoms with Crippen molar-refractivity contribution in [3.05, 3.63) is 34.9 Å². The summed E-state index contributed by atoms with van der Waals surface area (Å²) in [6.07, 6.45) is 0.708. The van der Waals surface area contributed by atoms with Crippen LogP contribution in [0.4, 0.5) is 13.2 Å². The van der Waals surface area contributed by atoms with Crippen molar-refractivity contribution in [1.29, 1.82) is 0 Å². The lowest BCUT2D eigenvalue weighted by Crippen LogP contribution is -2.49. The largest absolute Gasteiger partial charge is 0.416 e. The third-order valence-corrected chi connectivity index (χ3v) is 6.91. The fourth-order valence-electron chi connectivity index (χ4n) is 5.01. The fraction of sp³-hybridized carbons (Fsp3) is 0.696. The Kier molecular flexibility index (Phi) is 7.45. The third kappa shape index (κ3) is 5.55. The van der Waals surface area contributed by atoms with Crippen molar-refractivity contribution in [2.45, 2.75) is 57.7 Å². The summed E-state index contributed by atoms with van der Waals surface area (Å²) in [5.41, 5.74) is 6.49. The summed E-state index contributed by atoms with van der Waals surface area (Å²) < 4.78 is 39.3. The van der Waals surface area contributed by atoms with E-state index in [2.05, 4.69) is 11.9 Å². The van der Waals surface area contributed by atoms with Crippen LogP contribution in [0.2, 0.25) is 0 Å². The minimum absolute atomic E-state index is 0.0882. The molecule has 0 bridgehead atoms. The molecule has 2 saturated heterocycles. The first-order chi connectivity index (χ1) is 14.2. The number of rotatable bonds is 5. The quantitative estimate of drug-likeness (QED) is 0.782. The van der Waals surface area contributed by atoms with Crippen molar-refractivity contribution in [3.8, 4) is 0 Å². The molecule has 0 spiro atoms. The summed E-state index contributed by atoms with van der Waals surface area (Å²) in [6.45, 7) is 5.48. The minimum atomic E-state index is -4.36. The Morgan fingerprint density at radius 1 is 1.10 bits per heavy atom. The average Bonchev–Trinajstić information content (AvgIpc) is 2.73. The van der Waals surface area contributed by atoms with E-state index in [-0.39, 0.29) is 24.3 Å². The highest BCUT2D eigenvalue weighted by Gasteiger charge is 2.34. The van der Waals surface area contributed by atoms with Gasteiger partial charge in [-0.25, -0.2) is 0 Å². The maximum atomic E-state index is 13.1. The standard InChI is InChI=1S/C23H34F3N3O/c1-3-17-14-16(4-5-20(17)23(24,25)26)15-21(27)22(30)29-12-8-19(9-13-29)18-6-10-28(2)11-7-18/h4-5,14,18-19,21H,3,6-13,15,27H2,1-2H3/t21-/m1/s1. The average molecular weight is 426 g/mol. The van der Waals surface area contributed by atoms with Gasteiger partial charge in [0.1, 0.15) is 0 Å². The highest BCUT2D eigenvalue weighted by Crippen LogP contribution is 2.34. The van der Waals surface area contributed by atoms with Crippen LogP contribution in [0.5, 0.6) is 0 Å². The second-order valence-corrected chi connectivity index (χ2v) is 8.96. The Hall–Kier alpha value is -1.60. The van der Waals surface area contributed by atoms with Crippen molar-refractivity contribution in [2.75, 3.05) is 33.2 Å². The van der Waals surface area contributed by atoms with E-state index < -0.39 is 17.8 Å². The van der Waals surface area contributed by atoms with Crippen molar-refractivity contribution >= 4 is 5.91 Å². The smallest absolute Gasteiger partial charge is 0.341 e. The van der Waals surface area contributed by atoms with E-state index in [1.807, 2.05) is 4.90 Å². The van der Waals surface area contributed by atoms with Gasteiger partial charge in [0.05, 0.1) is 11.6 Å². The van der Waals surface area contributed by atoms with Gasteiger partial charge >= 0.3 is 6.18 Å². The Bertz CT molecular complexity index is 721. The number of amides is 1. The lowest BCUT2D eigenvalue weighted by molar-refractivity contribution is -0.138. The summed E-state index contributed by atoms with van der Waals surface area (Å²) in [5.74, 6) is 1.35. The molecule has 30 heavy (non-hydrogen) atoms. The Labute approximate surface area is 177 Å². The molecular weight excluding hydrogens is 391 g/mol. The molecule has 0 radical (unpaired) electrons. The van der Waals surface area contributed by atoms with Crippen LogP contribution in [0.3, 0.4) is 0 Å². The number of benzene rings is 1. The molecule has 1 atom stereocenters. The minimum Gasteiger partial charge on any atom is -0.341 e. The van der Waals surface area contributed by atoms with E-state index in [0.717, 1.165) is 51.0 Å². The number of halogens is 3. The molecule has 2 fully saturated rings. The second-order valence-electron chi connectivity index (χ2n) is 8.96. The first kappa shape index (κ1) is 23.1. The van der Waals surface area contributed by atoms with Gasteiger partial charge in [-0.2, -0.15) is 13.2 Å². The first-order valence-corrected chi connectivity index (χ1v) is 11.1. The maximum Gasteiger partial charge on any atom is 0.416 e. The molecule has 2 heterocycles. The lowest BCUT2D eigenvalue weighted by Gasteiger charge is -2.40. The molecule has 7 heteroatoms. The van der Waals surface area contributed by atoms with Gasteiger partial charge in [-0.05, 0) is 87.7 Å². The normalized spacial score (nSPS) is 21.1. The van der Waals surface area contributed by atoms with Crippen molar-refractivity contribution < 1.29 is 18.0 Å². The number of alkyl halides is 3. The van der Waals surface area contributed by atoms with E-state index in [4.69, 9.17) is 5.73 Å². The molecule has 0 aliphatic carbocycles. The second kappa shape index (κ2) is 9.69. The van der Waals surface area contributed by atoms with Crippen LogP contribution < -0.4 is 5.73 Å². The zero-order valence-electron chi connectivity index (χ0n) is 18.0. The molecule has 0 saturated carbocycles. The number of nitrogens with two attached hydrogens (primary N) is 1. The van der Waals surface area contributed by atoms with Crippen LogP contribution in [0, 0.1) is 11.8 Å². The molecule has 1 aromatic carbocycles. The van der Waals surface area contributed by atoms with E-state index in [1.165, 1.54) is 18.9 Å². The van der Waals surface area contributed by atoms with Crippen molar-refractivity contribution in [3.63, 3.8) is 0 Å². The first-order valence-electron chi connectivity index (χ1n) is 11.1.